The average molecular weight is 389 g/mol. The molecule has 0 saturated carbocycles. The Morgan fingerprint density at radius 1 is 1.13 bits per heavy atom. The molecule has 0 unspecified atom stereocenters. The predicted molar refractivity (Wildman–Crippen MR) is 94.6 cm³/mol. The first-order valence-corrected chi connectivity index (χ1v) is 8.45. The van der Waals surface area contributed by atoms with Crippen molar-refractivity contribution in [1.82, 2.24) is 5.32 Å². The van der Waals surface area contributed by atoms with Crippen LogP contribution in [0.1, 0.15) is 26.2 Å². The van der Waals surface area contributed by atoms with Crippen molar-refractivity contribution in [3.8, 4) is 11.5 Å². The largest absolute Gasteiger partial charge is 0.493 e. The van der Waals surface area contributed by atoms with Gasteiger partial charge in [-0.1, -0.05) is 13.3 Å². The van der Waals surface area contributed by atoms with E-state index in [1.54, 1.807) is 26.4 Å². The van der Waals surface area contributed by atoms with Gasteiger partial charge in [0.15, 0.2) is 11.5 Å². The number of carbonyl (C=O) groups excluding carboxylic acids is 1. The maximum atomic E-state index is 11.9. The minimum atomic E-state index is -0.272. The number of hydrogen-bond acceptors (Lipinski definition) is 4. The lowest BCUT2D eigenvalue weighted by Crippen LogP contribution is -2.30. The molecule has 2 N–H and O–H groups in total. The molecule has 23 heavy (non-hydrogen) atoms. The molecule has 130 valence electrons. The van der Waals surface area contributed by atoms with Crippen molar-refractivity contribution < 1.29 is 19.0 Å². The van der Waals surface area contributed by atoms with Crippen LogP contribution in [0.15, 0.2) is 16.6 Å². The Hall–Kier alpha value is -1.47. The van der Waals surface area contributed by atoms with Gasteiger partial charge in [-0.05, 0) is 28.8 Å². The van der Waals surface area contributed by atoms with Crippen LogP contribution in [0.3, 0.4) is 0 Å². The van der Waals surface area contributed by atoms with E-state index in [1.807, 2.05) is 0 Å². The molecule has 0 fully saturated rings. The molecule has 1 aromatic rings. The number of unbranched alkanes of at least 4 members (excludes halogenated alkanes) is 1. The van der Waals surface area contributed by atoms with Crippen molar-refractivity contribution in [3.05, 3.63) is 16.6 Å². The number of ether oxygens (including phenoxy) is 3. The third kappa shape index (κ3) is 7.09. The van der Waals surface area contributed by atoms with E-state index in [1.165, 1.54) is 0 Å². The molecule has 6 nitrogen and oxygen atoms in total. The molecule has 0 aliphatic heterocycles. The second-order valence-electron chi connectivity index (χ2n) is 4.89. The van der Waals surface area contributed by atoms with Crippen LogP contribution in [0, 0.1) is 0 Å². The van der Waals surface area contributed by atoms with Gasteiger partial charge in [0.25, 0.3) is 0 Å². The molecular formula is C16H25BrN2O4. The molecule has 1 rings (SSSR count). The number of amides is 2. The van der Waals surface area contributed by atoms with Gasteiger partial charge in [0.1, 0.15) is 0 Å². The van der Waals surface area contributed by atoms with Crippen LogP contribution in [-0.4, -0.2) is 40.0 Å². The maximum absolute atomic E-state index is 11.9. The van der Waals surface area contributed by atoms with E-state index in [-0.39, 0.29) is 6.03 Å². The van der Waals surface area contributed by atoms with Crippen molar-refractivity contribution in [2.24, 2.45) is 0 Å². The fourth-order valence-corrected chi connectivity index (χ4v) is 2.26. The van der Waals surface area contributed by atoms with E-state index in [0.29, 0.717) is 34.8 Å². The summed E-state index contributed by atoms with van der Waals surface area (Å²) in [5.41, 5.74) is 0.611. The first kappa shape index (κ1) is 19.6. The highest BCUT2D eigenvalue weighted by atomic mass is 79.9. The van der Waals surface area contributed by atoms with E-state index in [2.05, 4.69) is 33.5 Å². The third-order valence-electron chi connectivity index (χ3n) is 3.11. The van der Waals surface area contributed by atoms with Crippen LogP contribution < -0.4 is 20.1 Å². The standard InChI is InChI=1S/C16H25BrN2O4/c1-4-5-8-23-9-6-7-18-16(20)19-13-11-15(22-3)14(21-2)10-12(13)17/h10-11H,4-9H2,1-3H3,(H2,18,19,20). The molecule has 0 saturated heterocycles. The summed E-state index contributed by atoms with van der Waals surface area (Å²) >= 11 is 3.40. The monoisotopic (exact) mass is 388 g/mol. The van der Waals surface area contributed by atoms with Crippen molar-refractivity contribution in [2.45, 2.75) is 26.2 Å². The van der Waals surface area contributed by atoms with E-state index in [4.69, 9.17) is 14.2 Å². The Morgan fingerprint density at radius 3 is 2.43 bits per heavy atom. The minimum Gasteiger partial charge on any atom is -0.493 e. The van der Waals surface area contributed by atoms with Crippen molar-refractivity contribution in [3.63, 3.8) is 0 Å². The van der Waals surface area contributed by atoms with Gasteiger partial charge < -0.3 is 24.8 Å². The summed E-state index contributed by atoms with van der Waals surface area (Å²) in [4.78, 5) is 11.9. The summed E-state index contributed by atoms with van der Waals surface area (Å²) in [5.74, 6) is 1.14. The Kier molecular flexibility index (Phi) is 9.47. The summed E-state index contributed by atoms with van der Waals surface area (Å²) in [6, 6.07) is 3.18. The first-order chi connectivity index (χ1) is 11.1. The van der Waals surface area contributed by atoms with Gasteiger partial charge in [0, 0.05) is 36.4 Å². The molecule has 0 radical (unpaired) electrons. The van der Waals surface area contributed by atoms with Crippen molar-refractivity contribution in [1.29, 1.82) is 0 Å². The Bertz CT molecular complexity index is 497. The smallest absolute Gasteiger partial charge is 0.319 e. The van der Waals surface area contributed by atoms with Crippen LogP contribution in [0.25, 0.3) is 0 Å². The van der Waals surface area contributed by atoms with Gasteiger partial charge >= 0.3 is 6.03 Å². The molecule has 0 spiro atoms. The van der Waals surface area contributed by atoms with E-state index in [0.717, 1.165) is 25.9 Å². The van der Waals surface area contributed by atoms with Crippen molar-refractivity contribution >= 4 is 27.6 Å². The van der Waals surface area contributed by atoms with Gasteiger partial charge in [-0.2, -0.15) is 0 Å². The summed E-state index contributed by atoms with van der Waals surface area (Å²) in [6.45, 7) is 4.12. The van der Waals surface area contributed by atoms with Crippen molar-refractivity contribution in [2.75, 3.05) is 39.3 Å². The number of anilines is 1. The Labute approximate surface area is 146 Å². The van der Waals surface area contributed by atoms with Gasteiger partial charge in [0.2, 0.25) is 0 Å². The number of hydrogen-bond donors (Lipinski definition) is 2. The highest BCUT2D eigenvalue weighted by Gasteiger charge is 2.11. The second-order valence-corrected chi connectivity index (χ2v) is 5.74. The number of methoxy groups -OCH3 is 2. The molecule has 0 bridgehead atoms. The maximum Gasteiger partial charge on any atom is 0.319 e. The predicted octanol–water partition coefficient (Wildman–Crippen LogP) is 3.79. The zero-order chi connectivity index (χ0) is 17.1. The lowest BCUT2D eigenvalue weighted by Gasteiger charge is -2.13. The van der Waals surface area contributed by atoms with Gasteiger partial charge in [-0.15, -0.1) is 0 Å². The zero-order valence-electron chi connectivity index (χ0n) is 13.9. The van der Waals surface area contributed by atoms with E-state index in [9.17, 15) is 4.79 Å². The first-order valence-electron chi connectivity index (χ1n) is 7.66. The van der Waals surface area contributed by atoms with Crippen LogP contribution in [0.2, 0.25) is 0 Å². The average Bonchev–Trinajstić information content (AvgIpc) is 2.55. The number of rotatable bonds is 10. The van der Waals surface area contributed by atoms with Crippen LogP contribution >= 0.6 is 15.9 Å². The van der Waals surface area contributed by atoms with E-state index < -0.39 is 0 Å². The lowest BCUT2D eigenvalue weighted by atomic mass is 10.2. The number of halogens is 1. The van der Waals surface area contributed by atoms with E-state index >= 15 is 0 Å². The zero-order valence-corrected chi connectivity index (χ0v) is 15.5. The van der Waals surface area contributed by atoms with Gasteiger partial charge in [0.05, 0.1) is 19.9 Å². The quantitative estimate of drug-likeness (QED) is 0.598. The van der Waals surface area contributed by atoms with Crippen LogP contribution in [-0.2, 0) is 4.74 Å². The summed E-state index contributed by atoms with van der Waals surface area (Å²) in [7, 11) is 3.11. The molecule has 2 amide bonds. The highest BCUT2D eigenvalue weighted by molar-refractivity contribution is 9.10. The van der Waals surface area contributed by atoms with Gasteiger partial charge in [-0.25, -0.2) is 4.79 Å². The normalized spacial score (nSPS) is 10.3. The van der Waals surface area contributed by atoms with Crippen LogP contribution in [0.4, 0.5) is 10.5 Å². The topological polar surface area (TPSA) is 68.8 Å². The molecule has 7 heteroatoms. The lowest BCUT2D eigenvalue weighted by molar-refractivity contribution is 0.129. The van der Waals surface area contributed by atoms with Crippen LogP contribution in [0.5, 0.6) is 11.5 Å². The number of urea groups is 1. The molecule has 0 aliphatic rings. The fraction of sp³-hybridized carbons (Fsp3) is 0.562. The molecule has 0 atom stereocenters. The molecule has 0 heterocycles. The molecule has 0 aromatic heterocycles. The molecule has 0 aliphatic carbocycles. The van der Waals surface area contributed by atoms with Gasteiger partial charge in [-0.3, -0.25) is 0 Å². The minimum absolute atomic E-state index is 0.272. The molecule has 1 aromatic carbocycles. The second kappa shape index (κ2) is 11.1. The summed E-state index contributed by atoms with van der Waals surface area (Å²) < 4.78 is 16.6. The highest BCUT2D eigenvalue weighted by Crippen LogP contribution is 2.36. The summed E-state index contributed by atoms with van der Waals surface area (Å²) in [6.07, 6.45) is 2.98. The third-order valence-corrected chi connectivity index (χ3v) is 3.77. The Morgan fingerprint density at radius 2 is 1.78 bits per heavy atom. The number of carbonyl (C=O) groups is 1. The fourth-order valence-electron chi connectivity index (χ4n) is 1.84. The molecular weight excluding hydrogens is 364 g/mol. The Balaban J connectivity index is 2.39. The number of benzene rings is 1. The number of nitrogens with one attached hydrogen (secondary N) is 2. The summed E-state index contributed by atoms with van der Waals surface area (Å²) in [5, 5.41) is 5.57. The SMILES string of the molecule is CCCCOCCCNC(=O)Nc1cc(OC)c(OC)cc1Br.